The molecular weight excluding hydrogens is 294 g/mol. The van der Waals surface area contributed by atoms with Crippen molar-refractivity contribution in [3.63, 3.8) is 0 Å². The van der Waals surface area contributed by atoms with Gasteiger partial charge in [-0.05, 0) is 30.0 Å². The molecule has 7 nitrogen and oxygen atoms in total. The Morgan fingerprint density at radius 3 is 2.71 bits per heavy atom. The van der Waals surface area contributed by atoms with Crippen molar-refractivity contribution in [3.05, 3.63) is 40.2 Å². The molecule has 21 heavy (non-hydrogen) atoms. The van der Waals surface area contributed by atoms with Gasteiger partial charge in [0.2, 0.25) is 0 Å². The number of pyridine rings is 1. The second-order valence-electron chi connectivity index (χ2n) is 4.43. The van der Waals surface area contributed by atoms with Crippen LogP contribution in [-0.4, -0.2) is 34.1 Å². The summed E-state index contributed by atoms with van der Waals surface area (Å²) in [5.41, 5.74) is 0.963. The van der Waals surface area contributed by atoms with Gasteiger partial charge in [0.25, 0.3) is 15.8 Å². The Kier molecular flexibility index (Phi) is 4.61. The van der Waals surface area contributed by atoms with Gasteiger partial charge in [-0.3, -0.25) is 4.79 Å². The van der Waals surface area contributed by atoms with Gasteiger partial charge in [-0.2, -0.15) is 8.42 Å². The van der Waals surface area contributed by atoms with Crippen LogP contribution in [0.3, 0.4) is 0 Å². The third kappa shape index (κ3) is 3.81. The number of H-pyrrole nitrogens is 1. The fraction of sp³-hybridized carbons (Fsp3) is 0.308. The van der Waals surface area contributed by atoms with Crippen LogP contribution in [-0.2, 0) is 16.6 Å². The summed E-state index contributed by atoms with van der Waals surface area (Å²) in [5, 5.41) is 0.863. The van der Waals surface area contributed by atoms with Gasteiger partial charge in [-0.1, -0.05) is 0 Å². The summed E-state index contributed by atoms with van der Waals surface area (Å²) in [4.78, 5) is 14.7. The predicted octanol–water partition coefficient (Wildman–Crippen LogP) is 0.133. The molecule has 1 aromatic carbocycles. The lowest BCUT2D eigenvalue weighted by atomic mass is 10.1. The van der Waals surface area contributed by atoms with Crippen LogP contribution < -0.4 is 19.7 Å². The maximum atomic E-state index is 12.0. The normalized spacial score (nSPS) is 11.7. The summed E-state index contributed by atoms with van der Waals surface area (Å²) in [7, 11) is -0.608. The Morgan fingerprint density at radius 1 is 1.29 bits per heavy atom. The molecule has 3 N–H and O–H groups in total. The second-order valence-corrected chi connectivity index (χ2v) is 6.13. The first-order valence-electron chi connectivity index (χ1n) is 6.33. The molecule has 0 unspecified atom stereocenters. The summed E-state index contributed by atoms with van der Waals surface area (Å²) in [6.45, 7) is 0.147. The standard InChI is InChI=1S/C13H17N3O4S/c1-14-21(18,19)15-6-5-10-7-9-3-4-11(20-2)8-12(9)16-13(10)17/h3-4,7-8,14-15H,5-6H2,1-2H3,(H,16,17). The quantitative estimate of drug-likeness (QED) is 0.706. The monoisotopic (exact) mass is 311 g/mol. The minimum atomic E-state index is -3.48. The average molecular weight is 311 g/mol. The van der Waals surface area contributed by atoms with E-state index in [1.807, 2.05) is 6.07 Å². The Hall–Kier alpha value is -1.90. The average Bonchev–Trinajstić information content (AvgIpc) is 2.47. The van der Waals surface area contributed by atoms with Crippen LogP contribution in [0.5, 0.6) is 5.75 Å². The molecule has 0 radical (unpaired) electrons. The van der Waals surface area contributed by atoms with Crippen LogP contribution >= 0.6 is 0 Å². The molecule has 0 spiro atoms. The van der Waals surface area contributed by atoms with Crippen LogP contribution in [0.4, 0.5) is 0 Å². The second kappa shape index (κ2) is 6.25. The number of hydrogen-bond donors (Lipinski definition) is 3. The highest BCUT2D eigenvalue weighted by atomic mass is 32.2. The highest BCUT2D eigenvalue weighted by molar-refractivity contribution is 7.87. The zero-order valence-electron chi connectivity index (χ0n) is 11.8. The van der Waals surface area contributed by atoms with Crippen molar-refractivity contribution in [3.8, 4) is 5.75 Å². The van der Waals surface area contributed by atoms with Crippen LogP contribution in [0.25, 0.3) is 10.9 Å². The van der Waals surface area contributed by atoms with Gasteiger partial charge in [0, 0.05) is 25.2 Å². The maximum absolute atomic E-state index is 12.0. The SMILES string of the molecule is CNS(=O)(=O)NCCc1cc2ccc(OC)cc2[nH]c1=O. The minimum Gasteiger partial charge on any atom is -0.497 e. The first kappa shape index (κ1) is 15.5. The van der Waals surface area contributed by atoms with Crippen LogP contribution in [0.1, 0.15) is 5.56 Å². The maximum Gasteiger partial charge on any atom is 0.276 e. The molecule has 2 rings (SSSR count). The Labute approximate surface area is 122 Å². The lowest BCUT2D eigenvalue weighted by Crippen LogP contribution is -2.35. The van der Waals surface area contributed by atoms with Gasteiger partial charge in [0.05, 0.1) is 12.6 Å². The number of methoxy groups -OCH3 is 1. The molecule has 0 fully saturated rings. The molecule has 114 valence electrons. The van der Waals surface area contributed by atoms with E-state index in [1.54, 1.807) is 25.3 Å². The highest BCUT2D eigenvalue weighted by Crippen LogP contribution is 2.18. The van der Waals surface area contributed by atoms with E-state index in [4.69, 9.17) is 4.74 Å². The fourth-order valence-corrected chi connectivity index (χ4v) is 2.45. The van der Waals surface area contributed by atoms with Gasteiger partial charge in [0.15, 0.2) is 0 Å². The van der Waals surface area contributed by atoms with Gasteiger partial charge in [-0.15, -0.1) is 0 Å². The number of hydrogen-bond acceptors (Lipinski definition) is 4. The van der Waals surface area contributed by atoms with Crippen LogP contribution in [0.15, 0.2) is 29.1 Å². The fourth-order valence-electron chi connectivity index (χ4n) is 1.93. The lowest BCUT2D eigenvalue weighted by molar-refractivity contribution is 0.415. The first-order chi connectivity index (χ1) is 9.95. The van der Waals surface area contributed by atoms with Gasteiger partial charge in [0.1, 0.15) is 5.75 Å². The lowest BCUT2D eigenvalue weighted by Gasteiger charge is -2.07. The molecule has 1 aromatic heterocycles. The molecule has 0 saturated heterocycles. The van der Waals surface area contributed by atoms with E-state index in [0.29, 0.717) is 23.3 Å². The topological polar surface area (TPSA) is 100 Å². The molecule has 0 amide bonds. The minimum absolute atomic E-state index is 0.147. The predicted molar refractivity (Wildman–Crippen MR) is 80.8 cm³/mol. The van der Waals surface area contributed by atoms with E-state index in [0.717, 1.165) is 5.39 Å². The number of benzene rings is 1. The first-order valence-corrected chi connectivity index (χ1v) is 7.81. The summed E-state index contributed by atoms with van der Waals surface area (Å²) in [5.74, 6) is 0.660. The Balaban J connectivity index is 2.21. The molecular formula is C13H17N3O4S. The van der Waals surface area contributed by atoms with E-state index in [1.165, 1.54) is 7.05 Å². The van der Waals surface area contributed by atoms with Crippen molar-refractivity contribution in [2.24, 2.45) is 0 Å². The van der Waals surface area contributed by atoms with Crippen molar-refractivity contribution in [1.29, 1.82) is 0 Å². The smallest absolute Gasteiger partial charge is 0.276 e. The van der Waals surface area contributed by atoms with E-state index < -0.39 is 10.2 Å². The van der Waals surface area contributed by atoms with E-state index in [9.17, 15) is 13.2 Å². The molecule has 0 aliphatic carbocycles. The zero-order valence-corrected chi connectivity index (χ0v) is 12.6. The van der Waals surface area contributed by atoms with E-state index in [-0.39, 0.29) is 12.1 Å². The highest BCUT2D eigenvalue weighted by Gasteiger charge is 2.07. The third-order valence-electron chi connectivity index (χ3n) is 3.09. The number of fused-ring (bicyclic) bond motifs is 1. The number of aromatic amines is 1. The Morgan fingerprint density at radius 2 is 2.05 bits per heavy atom. The summed E-state index contributed by atoms with van der Waals surface area (Å²) in [6.07, 6.45) is 0.304. The summed E-state index contributed by atoms with van der Waals surface area (Å²) < 4.78 is 32.1. The molecule has 0 aliphatic rings. The number of rotatable bonds is 6. The van der Waals surface area contributed by atoms with E-state index in [2.05, 4.69) is 14.4 Å². The van der Waals surface area contributed by atoms with Crippen molar-refractivity contribution in [2.75, 3.05) is 20.7 Å². The summed E-state index contributed by atoms with van der Waals surface area (Å²) >= 11 is 0. The van der Waals surface area contributed by atoms with Crippen molar-refractivity contribution in [1.82, 2.24) is 14.4 Å². The Bertz CT molecular complexity index is 799. The van der Waals surface area contributed by atoms with Crippen molar-refractivity contribution < 1.29 is 13.2 Å². The van der Waals surface area contributed by atoms with Crippen LogP contribution in [0.2, 0.25) is 0 Å². The zero-order chi connectivity index (χ0) is 15.5. The molecule has 0 atom stereocenters. The third-order valence-corrected chi connectivity index (χ3v) is 4.21. The molecule has 0 bridgehead atoms. The van der Waals surface area contributed by atoms with Crippen LogP contribution in [0, 0.1) is 0 Å². The number of aromatic nitrogens is 1. The molecule has 1 heterocycles. The van der Waals surface area contributed by atoms with Crippen molar-refractivity contribution >= 4 is 21.1 Å². The molecule has 0 aliphatic heterocycles. The summed E-state index contributed by atoms with van der Waals surface area (Å²) in [6, 6.07) is 7.13. The number of ether oxygens (including phenoxy) is 1. The molecule has 8 heteroatoms. The van der Waals surface area contributed by atoms with Crippen molar-refractivity contribution in [2.45, 2.75) is 6.42 Å². The number of nitrogens with one attached hydrogen (secondary N) is 3. The van der Waals surface area contributed by atoms with Gasteiger partial charge >= 0.3 is 0 Å². The van der Waals surface area contributed by atoms with E-state index >= 15 is 0 Å². The van der Waals surface area contributed by atoms with Gasteiger partial charge < -0.3 is 9.72 Å². The molecule has 2 aromatic rings. The molecule has 0 saturated carbocycles. The van der Waals surface area contributed by atoms with Gasteiger partial charge in [-0.25, -0.2) is 9.44 Å². The largest absolute Gasteiger partial charge is 0.497 e.